The van der Waals surface area contributed by atoms with Crippen LogP contribution >= 0.6 is 0 Å². The molecule has 1 N–H and O–H groups in total. The molecule has 1 rings (SSSR count). The van der Waals surface area contributed by atoms with Crippen LogP contribution in [0.2, 0.25) is 0 Å². The normalized spacial score (nSPS) is 11.8. The van der Waals surface area contributed by atoms with Crippen LogP contribution in [0.4, 0.5) is 11.4 Å². The molecular formula is C14H18N2O5. The van der Waals surface area contributed by atoms with Crippen LogP contribution in [0, 0.1) is 23.0 Å². The third kappa shape index (κ3) is 4.01. The number of nitrogens with zero attached hydrogens (tertiary/aromatic N) is 2. The lowest BCUT2D eigenvalue weighted by atomic mass is 10.1. The number of carboxylic acid groups (broad SMARTS) is 1. The third-order valence-electron chi connectivity index (χ3n) is 3.18. The van der Waals surface area contributed by atoms with Crippen LogP contribution in [0.15, 0.2) is 18.2 Å². The largest absolute Gasteiger partial charge is 0.481 e. The van der Waals surface area contributed by atoms with E-state index in [1.165, 1.54) is 24.0 Å². The first kappa shape index (κ1) is 16.6. The molecule has 21 heavy (non-hydrogen) atoms. The zero-order valence-electron chi connectivity index (χ0n) is 12.2. The fourth-order valence-corrected chi connectivity index (χ4v) is 1.88. The topological polar surface area (TPSA) is 101 Å². The molecule has 0 saturated heterocycles. The van der Waals surface area contributed by atoms with E-state index in [1.54, 1.807) is 19.9 Å². The van der Waals surface area contributed by atoms with Crippen LogP contribution in [0.3, 0.4) is 0 Å². The van der Waals surface area contributed by atoms with Crippen LogP contribution in [-0.4, -0.2) is 28.5 Å². The summed E-state index contributed by atoms with van der Waals surface area (Å²) in [7, 11) is 0. The van der Waals surface area contributed by atoms with Crippen molar-refractivity contribution in [3.8, 4) is 0 Å². The number of nitro benzene ring substituents is 1. The Balaban J connectivity index is 3.25. The summed E-state index contributed by atoms with van der Waals surface area (Å²) in [5.74, 6) is -2.06. The van der Waals surface area contributed by atoms with Crippen molar-refractivity contribution >= 4 is 23.3 Å². The number of rotatable bonds is 6. The average Bonchev–Trinajstić information content (AvgIpc) is 2.44. The molecule has 0 heterocycles. The predicted octanol–water partition coefficient (Wildman–Crippen LogP) is 2.37. The standard InChI is InChI=1S/C14H18N2O5/c1-4-13(17)15(8-10(3)14(18)19)12-7-11(16(20)21)6-5-9(12)2/h5-7,10H,4,8H2,1-3H3,(H,18,19). The Kier molecular flexibility index (Phi) is 5.40. The first-order valence-corrected chi connectivity index (χ1v) is 6.56. The minimum atomic E-state index is -1.02. The van der Waals surface area contributed by atoms with Gasteiger partial charge in [0.25, 0.3) is 5.69 Å². The van der Waals surface area contributed by atoms with Gasteiger partial charge in [0.15, 0.2) is 0 Å². The first-order valence-electron chi connectivity index (χ1n) is 6.56. The molecule has 0 spiro atoms. The number of non-ortho nitro benzene ring substituents is 1. The maximum Gasteiger partial charge on any atom is 0.308 e. The Morgan fingerprint density at radius 3 is 2.52 bits per heavy atom. The van der Waals surface area contributed by atoms with Crippen LogP contribution in [0.25, 0.3) is 0 Å². The Morgan fingerprint density at radius 1 is 1.43 bits per heavy atom. The number of nitro groups is 1. The molecule has 0 radical (unpaired) electrons. The Labute approximate surface area is 122 Å². The van der Waals surface area contributed by atoms with Crippen molar-refractivity contribution in [1.29, 1.82) is 0 Å². The van der Waals surface area contributed by atoms with Crippen molar-refractivity contribution in [1.82, 2.24) is 0 Å². The molecule has 0 aliphatic rings. The predicted molar refractivity (Wildman–Crippen MR) is 77.3 cm³/mol. The van der Waals surface area contributed by atoms with Gasteiger partial charge in [0.05, 0.1) is 16.5 Å². The van der Waals surface area contributed by atoms with Crippen molar-refractivity contribution in [3.05, 3.63) is 33.9 Å². The van der Waals surface area contributed by atoms with E-state index in [0.29, 0.717) is 11.3 Å². The van der Waals surface area contributed by atoms with Crippen LogP contribution in [0.1, 0.15) is 25.8 Å². The molecule has 1 aromatic carbocycles. The highest BCUT2D eigenvalue weighted by molar-refractivity contribution is 5.95. The van der Waals surface area contributed by atoms with Gasteiger partial charge in [-0.25, -0.2) is 0 Å². The van der Waals surface area contributed by atoms with Crippen molar-refractivity contribution in [2.45, 2.75) is 27.2 Å². The molecular weight excluding hydrogens is 276 g/mol. The van der Waals surface area contributed by atoms with E-state index in [-0.39, 0.29) is 24.6 Å². The van der Waals surface area contributed by atoms with Crippen molar-refractivity contribution in [3.63, 3.8) is 0 Å². The van der Waals surface area contributed by atoms with E-state index < -0.39 is 16.8 Å². The Hall–Kier alpha value is -2.44. The number of hydrogen-bond acceptors (Lipinski definition) is 4. The SMILES string of the molecule is CCC(=O)N(CC(C)C(=O)O)c1cc([N+](=O)[O-])ccc1C. The average molecular weight is 294 g/mol. The number of hydrogen-bond donors (Lipinski definition) is 1. The maximum atomic E-state index is 12.1. The first-order chi connectivity index (χ1) is 9.77. The third-order valence-corrected chi connectivity index (χ3v) is 3.18. The van der Waals surface area contributed by atoms with Crippen molar-refractivity contribution < 1.29 is 19.6 Å². The monoisotopic (exact) mass is 294 g/mol. The molecule has 0 bridgehead atoms. The summed E-state index contributed by atoms with van der Waals surface area (Å²) in [5.41, 5.74) is 0.927. The molecule has 114 valence electrons. The van der Waals surface area contributed by atoms with Gasteiger partial charge < -0.3 is 10.0 Å². The van der Waals surface area contributed by atoms with Gasteiger partial charge in [-0.2, -0.15) is 0 Å². The van der Waals surface area contributed by atoms with Gasteiger partial charge in [-0.05, 0) is 12.5 Å². The van der Waals surface area contributed by atoms with Gasteiger partial charge in [0.2, 0.25) is 5.91 Å². The van der Waals surface area contributed by atoms with Gasteiger partial charge in [0, 0.05) is 25.1 Å². The summed E-state index contributed by atoms with van der Waals surface area (Å²) in [5, 5.41) is 19.9. The maximum absolute atomic E-state index is 12.1. The number of anilines is 1. The van der Waals surface area contributed by atoms with Crippen molar-refractivity contribution in [2.24, 2.45) is 5.92 Å². The highest BCUT2D eigenvalue weighted by atomic mass is 16.6. The Bertz CT molecular complexity index is 570. The summed E-state index contributed by atoms with van der Waals surface area (Å²) in [6.07, 6.45) is 0.189. The fraction of sp³-hybridized carbons (Fsp3) is 0.429. The lowest BCUT2D eigenvalue weighted by molar-refractivity contribution is -0.384. The van der Waals surface area contributed by atoms with E-state index in [2.05, 4.69) is 0 Å². The molecule has 0 aromatic heterocycles. The second-order valence-corrected chi connectivity index (χ2v) is 4.83. The molecule has 7 heteroatoms. The smallest absolute Gasteiger partial charge is 0.308 e. The summed E-state index contributed by atoms with van der Waals surface area (Å²) < 4.78 is 0. The highest BCUT2D eigenvalue weighted by Gasteiger charge is 2.23. The minimum Gasteiger partial charge on any atom is -0.481 e. The van der Waals surface area contributed by atoms with Gasteiger partial charge >= 0.3 is 5.97 Å². The quantitative estimate of drug-likeness (QED) is 0.641. The summed E-state index contributed by atoms with van der Waals surface area (Å²) >= 11 is 0. The fourth-order valence-electron chi connectivity index (χ4n) is 1.88. The number of aryl methyl sites for hydroxylation is 1. The van der Waals surface area contributed by atoms with Crippen LogP contribution < -0.4 is 4.90 Å². The van der Waals surface area contributed by atoms with Crippen LogP contribution in [0.5, 0.6) is 0 Å². The molecule has 0 fully saturated rings. The van der Waals surface area contributed by atoms with Gasteiger partial charge in [0.1, 0.15) is 0 Å². The zero-order chi connectivity index (χ0) is 16.2. The Morgan fingerprint density at radius 2 is 2.05 bits per heavy atom. The molecule has 1 amide bonds. The summed E-state index contributed by atoms with van der Waals surface area (Å²) in [6.45, 7) is 4.85. The second kappa shape index (κ2) is 6.83. The number of carboxylic acids is 1. The molecule has 0 saturated carbocycles. The molecule has 1 aromatic rings. The number of carbonyl (C=O) groups is 2. The molecule has 7 nitrogen and oxygen atoms in total. The molecule has 1 unspecified atom stereocenters. The second-order valence-electron chi connectivity index (χ2n) is 4.83. The molecule has 0 aliphatic heterocycles. The molecule has 1 atom stereocenters. The lowest BCUT2D eigenvalue weighted by Crippen LogP contribution is -2.37. The zero-order valence-corrected chi connectivity index (χ0v) is 12.2. The van der Waals surface area contributed by atoms with Gasteiger partial charge in [-0.1, -0.05) is 19.9 Å². The number of amides is 1. The van der Waals surface area contributed by atoms with E-state index in [9.17, 15) is 19.7 Å². The van der Waals surface area contributed by atoms with Gasteiger partial charge in [-0.15, -0.1) is 0 Å². The molecule has 0 aliphatic carbocycles. The highest BCUT2D eigenvalue weighted by Crippen LogP contribution is 2.27. The lowest BCUT2D eigenvalue weighted by Gasteiger charge is -2.25. The van der Waals surface area contributed by atoms with Crippen LogP contribution in [-0.2, 0) is 9.59 Å². The van der Waals surface area contributed by atoms with Gasteiger partial charge in [-0.3, -0.25) is 19.7 Å². The summed E-state index contributed by atoms with van der Waals surface area (Å²) in [6, 6.07) is 4.21. The van der Waals surface area contributed by atoms with E-state index in [1.807, 2.05) is 0 Å². The summed E-state index contributed by atoms with van der Waals surface area (Å²) in [4.78, 5) is 34.7. The van der Waals surface area contributed by atoms with E-state index >= 15 is 0 Å². The van der Waals surface area contributed by atoms with E-state index in [4.69, 9.17) is 5.11 Å². The van der Waals surface area contributed by atoms with E-state index in [0.717, 1.165) is 0 Å². The van der Waals surface area contributed by atoms with Crippen molar-refractivity contribution in [2.75, 3.05) is 11.4 Å². The number of aliphatic carboxylic acids is 1. The number of carbonyl (C=O) groups excluding carboxylic acids is 1. The number of benzene rings is 1. The minimum absolute atomic E-state index is 0.0238.